The van der Waals surface area contributed by atoms with E-state index in [9.17, 15) is 4.79 Å². The van der Waals surface area contributed by atoms with Crippen molar-refractivity contribution in [1.82, 2.24) is 4.90 Å². The third-order valence-corrected chi connectivity index (χ3v) is 3.70. The Hall–Kier alpha value is -0.415. The van der Waals surface area contributed by atoms with Gasteiger partial charge in [0.25, 0.3) is 0 Å². The van der Waals surface area contributed by atoms with E-state index in [0.717, 1.165) is 11.3 Å². The summed E-state index contributed by atoms with van der Waals surface area (Å²) in [4.78, 5) is 12.8. The number of β-lactam (4-membered cyclic amide) rings is 1. The molecule has 2 atom stereocenters. The van der Waals surface area contributed by atoms with Crippen LogP contribution < -0.4 is 5.73 Å². The predicted molar refractivity (Wildman–Crippen MR) is 49.5 cm³/mol. The van der Waals surface area contributed by atoms with Gasteiger partial charge in [0.1, 0.15) is 19.3 Å². The zero-order valence-corrected chi connectivity index (χ0v) is 7.60. The van der Waals surface area contributed by atoms with E-state index in [1.807, 2.05) is 6.92 Å². The van der Waals surface area contributed by atoms with E-state index >= 15 is 0 Å². The van der Waals surface area contributed by atoms with E-state index in [0.29, 0.717) is 5.60 Å². The number of nitrogens with two attached hydrogens (primary N) is 1. The average molecular weight is 180 g/mol. The maximum atomic E-state index is 11.2. The van der Waals surface area contributed by atoms with Crippen molar-refractivity contribution in [3.8, 4) is 0 Å². The van der Waals surface area contributed by atoms with Crippen molar-refractivity contribution in [2.45, 2.75) is 18.3 Å². The second-order valence-corrected chi connectivity index (χ2v) is 4.21. The number of thioether (sulfide) groups is 1. The first-order valence-corrected chi connectivity index (χ1v) is 4.83. The van der Waals surface area contributed by atoms with Gasteiger partial charge in [-0.1, -0.05) is 5.57 Å². The molecule has 1 saturated heterocycles. The topological polar surface area (TPSA) is 46.3 Å². The van der Waals surface area contributed by atoms with Crippen LogP contribution in [0.25, 0.3) is 0 Å². The van der Waals surface area contributed by atoms with E-state index in [1.54, 1.807) is 16.7 Å². The van der Waals surface area contributed by atoms with Crippen LogP contribution in [0, 0.1) is 0 Å². The lowest BCUT2D eigenvalue weighted by Crippen LogP contribution is -2.67. The average Bonchev–Trinajstić information content (AvgIpc) is 2.08. The van der Waals surface area contributed by atoms with Gasteiger partial charge in [-0.15, -0.1) is 11.8 Å². The van der Waals surface area contributed by atoms with Gasteiger partial charge in [0, 0.05) is 5.75 Å². The van der Waals surface area contributed by atoms with Crippen molar-refractivity contribution in [1.29, 1.82) is 0 Å². The van der Waals surface area contributed by atoms with E-state index in [2.05, 4.69) is 0 Å². The van der Waals surface area contributed by atoms with E-state index in [4.69, 9.17) is 13.6 Å². The van der Waals surface area contributed by atoms with E-state index in [-0.39, 0.29) is 17.3 Å². The minimum atomic E-state index is -0.346. The fraction of sp³-hybridized carbons (Fsp3) is 0.571. The normalized spacial score (nSPS) is 34.8. The van der Waals surface area contributed by atoms with Gasteiger partial charge < -0.3 is 10.6 Å². The van der Waals surface area contributed by atoms with Crippen molar-refractivity contribution in [3.63, 3.8) is 0 Å². The Morgan fingerprint density at radius 1 is 1.75 bits per heavy atom. The zero-order valence-electron chi connectivity index (χ0n) is 6.78. The summed E-state index contributed by atoms with van der Waals surface area (Å²) >= 11 is 1.68. The van der Waals surface area contributed by atoms with E-state index in [1.165, 1.54) is 0 Å². The molecule has 2 N–H and O–H groups in total. The maximum Gasteiger partial charge on any atom is 0.246 e. The molecule has 5 heteroatoms. The molecule has 12 heavy (non-hydrogen) atoms. The SMILES string of the molecule is [B]C1=C(C)CSC2C(N)C(=O)N12. The van der Waals surface area contributed by atoms with E-state index < -0.39 is 0 Å². The van der Waals surface area contributed by atoms with Gasteiger partial charge in [-0.3, -0.25) is 4.79 Å². The molecule has 2 heterocycles. The summed E-state index contributed by atoms with van der Waals surface area (Å²) in [5.74, 6) is 0.831. The lowest BCUT2D eigenvalue weighted by Gasteiger charge is -2.49. The number of carbonyl (C=O) groups is 1. The lowest BCUT2D eigenvalue weighted by atomic mass is 9.92. The number of nitrogens with zero attached hydrogens (tertiary/aromatic N) is 1. The smallest absolute Gasteiger partial charge is 0.246 e. The third-order valence-electron chi connectivity index (χ3n) is 2.25. The highest BCUT2D eigenvalue weighted by Gasteiger charge is 2.47. The standard InChI is InChI=1S/C7H9BN2OS/c1-3-2-12-7-4(9)6(11)10(7)5(3)8/h4,7H,2,9H2,1H3. The second-order valence-electron chi connectivity index (χ2n) is 3.10. The molecule has 0 aromatic carbocycles. The maximum absolute atomic E-state index is 11.2. The molecule has 0 aromatic heterocycles. The molecular weight excluding hydrogens is 171 g/mol. The fourth-order valence-corrected chi connectivity index (χ4v) is 2.67. The number of carbonyl (C=O) groups excluding carboxylic acids is 1. The largest absolute Gasteiger partial charge is 0.317 e. The summed E-state index contributed by atoms with van der Waals surface area (Å²) in [5.41, 5.74) is 7.26. The Labute approximate surface area is 76.8 Å². The quantitative estimate of drug-likeness (QED) is 0.408. The minimum absolute atomic E-state index is 0.0518. The molecule has 2 radical (unpaired) electrons. The molecule has 1 amide bonds. The van der Waals surface area contributed by atoms with Crippen LogP contribution in [0.15, 0.2) is 11.2 Å². The number of amides is 1. The van der Waals surface area contributed by atoms with Crippen LogP contribution in [-0.4, -0.2) is 35.8 Å². The Morgan fingerprint density at radius 3 is 3.08 bits per heavy atom. The molecule has 0 aliphatic carbocycles. The molecule has 62 valence electrons. The molecule has 2 rings (SSSR count). The lowest BCUT2D eigenvalue weighted by molar-refractivity contribution is -0.140. The predicted octanol–water partition coefficient (Wildman–Crippen LogP) is -0.371. The van der Waals surface area contributed by atoms with Gasteiger partial charge >= 0.3 is 0 Å². The van der Waals surface area contributed by atoms with Crippen molar-refractivity contribution < 1.29 is 4.79 Å². The highest BCUT2D eigenvalue weighted by atomic mass is 32.2. The molecule has 3 nitrogen and oxygen atoms in total. The van der Waals surface area contributed by atoms with Crippen LogP contribution in [-0.2, 0) is 4.79 Å². The van der Waals surface area contributed by atoms with Gasteiger partial charge in [0.2, 0.25) is 5.91 Å². The molecule has 2 aliphatic rings. The minimum Gasteiger partial charge on any atom is -0.317 e. The van der Waals surface area contributed by atoms with Gasteiger partial charge in [-0.2, -0.15) is 0 Å². The van der Waals surface area contributed by atoms with Crippen LogP contribution in [0.4, 0.5) is 0 Å². The summed E-state index contributed by atoms with van der Waals surface area (Å²) in [6, 6.07) is -0.346. The summed E-state index contributed by atoms with van der Waals surface area (Å²) in [7, 11) is 5.73. The molecule has 0 spiro atoms. The molecular formula is C7H9BN2OS. The second kappa shape index (κ2) is 2.54. The molecule has 0 aromatic rings. The highest BCUT2D eigenvalue weighted by molar-refractivity contribution is 8.00. The first-order valence-electron chi connectivity index (χ1n) is 3.78. The van der Waals surface area contributed by atoms with Crippen molar-refractivity contribution in [3.05, 3.63) is 11.2 Å². The first kappa shape index (κ1) is 8.20. The van der Waals surface area contributed by atoms with Gasteiger partial charge in [-0.05, 0) is 12.5 Å². The van der Waals surface area contributed by atoms with Gasteiger partial charge in [-0.25, -0.2) is 0 Å². The molecule has 0 bridgehead atoms. The molecule has 2 unspecified atom stereocenters. The summed E-state index contributed by atoms with van der Waals surface area (Å²) < 4.78 is 0. The molecule has 1 fully saturated rings. The highest BCUT2D eigenvalue weighted by Crippen LogP contribution is 2.37. The Bertz CT molecular complexity index is 279. The van der Waals surface area contributed by atoms with Crippen molar-refractivity contribution in [2.75, 3.05) is 5.75 Å². The van der Waals surface area contributed by atoms with Gasteiger partial charge in [0.05, 0.1) is 0 Å². The Kier molecular flexibility index (Phi) is 1.73. The summed E-state index contributed by atoms with van der Waals surface area (Å²) in [6.45, 7) is 1.94. The van der Waals surface area contributed by atoms with Crippen LogP contribution in [0.5, 0.6) is 0 Å². The number of hydrogen-bond acceptors (Lipinski definition) is 3. The molecule has 0 saturated carbocycles. The van der Waals surface area contributed by atoms with Crippen molar-refractivity contribution in [2.24, 2.45) is 5.73 Å². The van der Waals surface area contributed by atoms with Crippen LogP contribution in [0.3, 0.4) is 0 Å². The van der Waals surface area contributed by atoms with Crippen molar-refractivity contribution >= 4 is 25.5 Å². The van der Waals surface area contributed by atoms with Crippen LogP contribution >= 0.6 is 11.8 Å². The Balaban J connectivity index is 2.29. The number of fused-ring (bicyclic) bond motifs is 1. The van der Waals surface area contributed by atoms with Crippen LogP contribution in [0.1, 0.15) is 6.92 Å². The Morgan fingerprint density at radius 2 is 2.42 bits per heavy atom. The monoisotopic (exact) mass is 180 g/mol. The third kappa shape index (κ3) is 0.865. The first-order chi connectivity index (χ1) is 5.63. The summed E-state index contributed by atoms with van der Waals surface area (Å²) in [5, 5.41) is 0.0844. The zero-order chi connectivity index (χ0) is 8.88. The molecule has 2 aliphatic heterocycles. The van der Waals surface area contributed by atoms with Gasteiger partial charge in [0.15, 0.2) is 0 Å². The summed E-state index contributed by atoms with van der Waals surface area (Å²) in [6.07, 6.45) is 0. The fourth-order valence-electron chi connectivity index (χ4n) is 1.41. The number of rotatable bonds is 0. The van der Waals surface area contributed by atoms with Crippen LogP contribution in [0.2, 0.25) is 0 Å². The number of hydrogen-bond donors (Lipinski definition) is 1.